The molecule has 4 aromatic rings. The fraction of sp³-hybridized carbons (Fsp3) is 0.444. The normalized spacial score (nSPS) is 30.4. The van der Waals surface area contributed by atoms with Gasteiger partial charge in [-0.25, -0.2) is 19.3 Å². The van der Waals surface area contributed by atoms with E-state index in [1.807, 2.05) is 38.2 Å². The topological polar surface area (TPSA) is 114 Å². The second kappa shape index (κ2) is 7.36. The van der Waals surface area contributed by atoms with Gasteiger partial charge >= 0.3 is 0 Å². The van der Waals surface area contributed by atoms with E-state index in [2.05, 4.69) is 19.5 Å². The van der Waals surface area contributed by atoms with Crippen molar-refractivity contribution >= 4 is 33.6 Å². The lowest BCUT2D eigenvalue weighted by Gasteiger charge is -2.50. The van der Waals surface area contributed by atoms with Gasteiger partial charge in [-0.2, -0.15) is 0 Å². The van der Waals surface area contributed by atoms with Crippen LogP contribution in [0.1, 0.15) is 44.7 Å². The van der Waals surface area contributed by atoms with E-state index in [1.54, 1.807) is 12.1 Å². The van der Waals surface area contributed by atoms with Crippen molar-refractivity contribution in [3.8, 4) is 0 Å². The van der Waals surface area contributed by atoms with E-state index in [0.29, 0.717) is 35.1 Å². The summed E-state index contributed by atoms with van der Waals surface area (Å²) >= 11 is 0. The van der Waals surface area contributed by atoms with Crippen molar-refractivity contribution in [2.75, 3.05) is 11.5 Å². The SMILES string of the molecule is CC1(C)O[C@H]2[C@H](n3ccc4c(N)ncnc43)[C@H]3CC[C@@]3(CCc3ccc4ccc(N)nc4c3F)[C@H]2O1. The zero-order valence-corrected chi connectivity index (χ0v) is 20.3. The van der Waals surface area contributed by atoms with Crippen LogP contribution in [0.3, 0.4) is 0 Å². The van der Waals surface area contributed by atoms with Gasteiger partial charge in [0, 0.05) is 17.0 Å². The number of nitrogen functional groups attached to an aromatic ring is 2. The summed E-state index contributed by atoms with van der Waals surface area (Å²) in [4.78, 5) is 12.9. The Bertz CT molecular complexity index is 1520. The summed E-state index contributed by atoms with van der Waals surface area (Å²) in [6.07, 6.45) is 6.82. The molecular formula is C27H29FN6O2. The Labute approximate surface area is 207 Å². The highest BCUT2D eigenvalue weighted by Crippen LogP contribution is 2.68. The number of hydrogen-bond acceptors (Lipinski definition) is 7. The number of nitrogens with two attached hydrogens (primary N) is 2. The van der Waals surface area contributed by atoms with Gasteiger partial charge in [0.2, 0.25) is 0 Å². The number of aromatic nitrogens is 4. The Morgan fingerprint density at radius 3 is 2.75 bits per heavy atom. The average Bonchev–Trinajstić information content (AvgIpc) is 3.44. The van der Waals surface area contributed by atoms with Crippen molar-refractivity contribution in [1.82, 2.24) is 19.5 Å². The van der Waals surface area contributed by atoms with Gasteiger partial charge in [0.25, 0.3) is 0 Å². The van der Waals surface area contributed by atoms with Crippen molar-refractivity contribution in [2.45, 2.75) is 63.6 Å². The number of aryl methyl sites for hydroxylation is 1. The fourth-order valence-corrected chi connectivity index (χ4v) is 7.07. The number of hydrogen-bond donors (Lipinski definition) is 2. The summed E-state index contributed by atoms with van der Waals surface area (Å²) in [6, 6.07) is 9.33. The van der Waals surface area contributed by atoms with Crippen molar-refractivity contribution in [3.63, 3.8) is 0 Å². The highest BCUT2D eigenvalue weighted by molar-refractivity contribution is 5.86. The molecule has 5 atom stereocenters. The van der Waals surface area contributed by atoms with E-state index in [0.717, 1.165) is 35.7 Å². The largest absolute Gasteiger partial charge is 0.384 e. The van der Waals surface area contributed by atoms with Crippen LogP contribution in [0.15, 0.2) is 42.9 Å². The summed E-state index contributed by atoms with van der Waals surface area (Å²) in [5, 5.41) is 1.59. The molecule has 1 saturated heterocycles. The number of nitrogens with zero attached hydrogens (tertiary/aromatic N) is 4. The Hall–Kier alpha value is -3.30. The molecule has 7 rings (SSSR count). The van der Waals surface area contributed by atoms with Crippen LogP contribution in [0.5, 0.6) is 0 Å². The van der Waals surface area contributed by atoms with Crippen LogP contribution in [0.4, 0.5) is 16.0 Å². The third kappa shape index (κ3) is 2.96. The third-order valence-electron chi connectivity index (χ3n) is 8.73. The van der Waals surface area contributed by atoms with E-state index >= 15 is 4.39 Å². The summed E-state index contributed by atoms with van der Waals surface area (Å²) in [7, 11) is 0. The highest BCUT2D eigenvalue weighted by atomic mass is 19.1. The summed E-state index contributed by atoms with van der Waals surface area (Å²) in [5.74, 6) is 0.143. The second-order valence-electron chi connectivity index (χ2n) is 11.0. The summed E-state index contributed by atoms with van der Waals surface area (Å²) in [5.41, 5.74) is 13.6. The predicted molar refractivity (Wildman–Crippen MR) is 134 cm³/mol. The number of fused-ring (bicyclic) bond motifs is 5. The van der Waals surface area contributed by atoms with Crippen molar-refractivity contribution in [2.24, 2.45) is 11.3 Å². The minimum Gasteiger partial charge on any atom is -0.384 e. The molecule has 2 aliphatic carbocycles. The van der Waals surface area contributed by atoms with Gasteiger partial charge in [-0.15, -0.1) is 0 Å². The van der Waals surface area contributed by atoms with E-state index in [1.165, 1.54) is 6.33 Å². The van der Waals surface area contributed by atoms with Crippen LogP contribution in [0.25, 0.3) is 21.9 Å². The lowest BCUT2D eigenvalue weighted by atomic mass is 9.57. The molecule has 186 valence electrons. The molecule has 2 saturated carbocycles. The molecular weight excluding hydrogens is 459 g/mol. The number of rotatable bonds is 4. The molecule has 0 radical (unpaired) electrons. The Kier molecular flexibility index (Phi) is 4.49. The first-order valence-electron chi connectivity index (χ1n) is 12.5. The molecule has 0 unspecified atom stereocenters. The van der Waals surface area contributed by atoms with Crippen LogP contribution in [0, 0.1) is 17.2 Å². The Morgan fingerprint density at radius 2 is 1.94 bits per heavy atom. The van der Waals surface area contributed by atoms with Gasteiger partial charge in [-0.1, -0.05) is 12.1 Å². The molecule has 4 N–H and O–H groups in total. The number of ether oxygens (including phenoxy) is 2. The smallest absolute Gasteiger partial charge is 0.163 e. The van der Waals surface area contributed by atoms with E-state index in [9.17, 15) is 0 Å². The van der Waals surface area contributed by atoms with Crippen LogP contribution >= 0.6 is 0 Å². The summed E-state index contributed by atoms with van der Waals surface area (Å²) < 4.78 is 30.7. The first kappa shape index (κ1) is 21.9. The maximum absolute atomic E-state index is 15.5. The first-order valence-corrected chi connectivity index (χ1v) is 12.5. The molecule has 8 nitrogen and oxygen atoms in total. The lowest BCUT2D eigenvalue weighted by molar-refractivity contribution is -0.192. The quantitative estimate of drug-likeness (QED) is 0.438. The molecule has 4 heterocycles. The first-order chi connectivity index (χ1) is 17.3. The second-order valence-corrected chi connectivity index (χ2v) is 11.0. The summed E-state index contributed by atoms with van der Waals surface area (Å²) in [6.45, 7) is 3.94. The Morgan fingerprint density at radius 1 is 1.11 bits per heavy atom. The van der Waals surface area contributed by atoms with E-state index < -0.39 is 5.79 Å². The number of pyridine rings is 1. The molecule has 9 heteroatoms. The number of anilines is 2. The monoisotopic (exact) mass is 488 g/mol. The van der Waals surface area contributed by atoms with E-state index in [-0.39, 0.29) is 29.5 Å². The van der Waals surface area contributed by atoms with Crippen LogP contribution < -0.4 is 11.5 Å². The maximum Gasteiger partial charge on any atom is 0.163 e. The predicted octanol–water partition coefficient (Wildman–Crippen LogP) is 4.39. The van der Waals surface area contributed by atoms with Gasteiger partial charge in [-0.3, -0.25) is 0 Å². The van der Waals surface area contributed by atoms with Gasteiger partial charge in [0.15, 0.2) is 11.6 Å². The molecule has 0 bridgehead atoms. The molecule has 1 aromatic carbocycles. The molecule has 0 spiro atoms. The minimum atomic E-state index is -0.687. The van der Waals surface area contributed by atoms with Crippen LogP contribution in [0.2, 0.25) is 0 Å². The molecule has 3 fully saturated rings. The standard InChI is InChI=1S/C27H29FN6O2/c1-26(2)35-22-21(34-12-9-16-24(30)31-13-32-25(16)34)17-8-11-27(17,23(22)36-26)10-7-14-3-4-15-5-6-18(29)33-20(15)19(14)28/h3-6,9,12-13,17,21-23H,7-8,10-11H2,1-2H3,(H2,29,33)(H2,30,31,32)/t17-,21-,22+,23+,27-/m1/s1. The van der Waals surface area contributed by atoms with Crippen molar-refractivity contribution < 1.29 is 13.9 Å². The van der Waals surface area contributed by atoms with Gasteiger partial charge in [-0.05, 0) is 69.2 Å². The molecule has 36 heavy (non-hydrogen) atoms. The van der Waals surface area contributed by atoms with Gasteiger partial charge in [0.1, 0.15) is 35.2 Å². The number of halogens is 1. The molecule has 3 aliphatic rings. The molecule has 0 amide bonds. The zero-order valence-electron chi connectivity index (χ0n) is 20.3. The molecule has 1 aliphatic heterocycles. The zero-order chi connectivity index (χ0) is 24.8. The Balaban J connectivity index is 1.26. The van der Waals surface area contributed by atoms with Gasteiger partial charge < -0.3 is 25.5 Å². The van der Waals surface area contributed by atoms with Crippen molar-refractivity contribution in [1.29, 1.82) is 0 Å². The lowest BCUT2D eigenvalue weighted by Crippen LogP contribution is -2.47. The third-order valence-corrected chi connectivity index (χ3v) is 8.73. The maximum atomic E-state index is 15.5. The molecule has 3 aromatic heterocycles. The fourth-order valence-electron chi connectivity index (χ4n) is 7.07. The minimum absolute atomic E-state index is 0.0558. The van der Waals surface area contributed by atoms with Crippen LogP contribution in [-0.4, -0.2) is 37.5 Å². The van der Waals surface area contributed by atoms with E-state index in [4.69, 9.17) is 20.9 Å². The van der Waals surface area contributed by atoms with Crippen LogP contribution in [-0.2, 0) is 15.9 Å². The number of benzene rings is 1. The highest BCUT2D eigenvalue weighted by Gasteiger charge is 2.70. The van der Waals surface area contributed by atoms with Crippen molar-refractivity contribution in [3.05, 3.63) is 54.2 Å². The average molecular weight is 489 g/mol. The van der Waals surface area contributed by atoms with Gasteiger partial charge in [0.05, 0.1) is 17.5 Å².